The van der Waals surface area contributed by atoms with E-state index in [9.17, 15) is 0 Å². The highest BCUT2D eigenvalue weighted by Gasteiger charge is 2.04. The van der Waals surface area contributed by atoms with E-state index in [2.05, 4.69) is 15.5 Å². The number of methoxy groups -OCH3 is 2. The molecule has 0 saturated heterocycles. The number of halogens is 1. The summed E-state index contributed by atoms with van der Waals surface area (Å²) in [5.74, 6) is 1.65. The third-order valence-corrected chi connectivity index (χ3v) is 4.13. The minimum atomic E-state index is 0. The van der Waals surface area contributed by atoms with Gasteiger partial charge in [-0.05, 0) is 54.1 Å². The predicted octanol–water partition coefficient (Wildman–Crippen LogP) is 1.28. The summed E-state index contributed by atoms with van der Waals surface area (Å²) >= 11 is 1.51. The number of ether oxygens (including phenoxy) is 2. The topological polar surface area (TPSA) is 55.7 Å². The molecule has 0 atom stereocenters. The van der Waals surface area contributed by atoms with E-state index in [0.717, 1.165) is 33.5 Å². The van der Waals surface area contributed by atoms with Crippen LogP contribution in [0, 0.1) is 0 Å². The molecule has 0 aliphatic heterocycles. The van der Waals surface area contributed by atoms with Crippen LogP contribution in [0.15, 0.2) is 59.0 Å². The number of anilines is 1. The third-order valence-electron chi connectivity index (χ3n) is 3.38. The number of hydrogen-bond acceptors (Lipinski definition) is 6. The molecule has 0 aliphatic carbocycles. The molecule has 2 aromatic carbocycles. The van der Waals surface area contributed by atoms with Crippen LogP contribution in [-0.2, 0) is 0 Å². The molecule has 1 heterocycles. The van der Waals surface area contributed by atoms with Crippen molar-refractivity contribution in [1.82, 2.24) is 4.98 Å². The maximum atomic E-state index is 5.16. The number of nitrogens with one attached hydrogen (secondary N) is 1. The number of hydrogen-bond donors (Lipinski definition) is 1. The molecule has 0 unspecified atom stereocenters. The van der Waals surface area contributed by atoms with Gasteiger partial charge in [0.15, 0.2) is 0 Å². The van der Waals surface area contributed by atoms with E-state index in [0.29, 0.717) is 0 Å². The first-order valence-corrected chi connectivity index (χ1v) is 8.19. The Kier molecular flexibility index (Phi) is 6.97. The summed E-state index contributed by atoms with van der Waals surface area (Å²) in [6.45, 7) is 0. The van der Waals surface area contributed by atoms with Crippen molar-refractivity contribution in [2.45, 2.75) is 0 Å². The highest BCUT2D eigenvalue weighted by Crippen LogP contribution is 2.26. The van der Waals surface area contributed by atoms with Gasteiger partial charge in [0.2, 0.25) is 5.13 Å². The Bertz CT molecular complexity index is 817. The average molecular weight is 419 g/mol. The van der Waals surface area contributed by atoms with Gasteiger partial charge in [0, 0.05) is 10.9 Å². The van der Waals surface area contributed by atoms with E-state index in [1.807, 2.05) is 53.9 Å². The van der Waals surface area contributed by atoms with E-state index >= 15 is 0 Å². The van der Waals surface area contributed by atoms with E-state index in [-0.39, 0.29) is 17.0 Å². The zero-order valence-corrected chi connectivity index (χ0v) is 16.2. The lowest BCUT2D eigenvalue weighted by atomic mass is 10.2. The zero-order chi connectivity index (χ0) is 16.8. The second-order valence-corrected chi connectivity index (χ2v) is 5.77. The lowest BCUT2D eigenvalue weighted by Gasteiger charge is -2.00. The molecule has 7 heteroatoms. The Morgan fingerprint density at radius 1 is 0.960 bits per heavy atom. The quantitative estimate of drug-likeness (QED) is 0.483. The standard InChI is InChI=1S/C18H17N3O2S.BrH/c1-22-15-7-3-13(4-8-15)11-19-21-18-20-17(12-24-18)14-5-9-16(23-2)10-6-14;/h3-12H,1-2H3,(H,20,21);1H/p-1/b19-11+;. The van der Waals surface area contributed by atoms with Gasteiger partial charge in [-0.15, -0.1) is 11.3 Å². The van der Waals surface area contributed by atoms with Gasteiger partial charge in [0.25, 0.3) is 0 Å². The first kappa shape index (κ1) is 19.0. The van der Waals surface area contributed by atoms with Crippen LogP contribution in [-0.4, -0.2) is 25.4 Å². The molecule has 0 saturated carbocycles. The summed E-state index contributed by atoms with van der Waals surface area (Å²) in [5, 5.41) is 6.95. The van der Waals surface area contributed by atoms with Crippen molar-refractivity contribution in [2.24, 2.45) is 5.10 Å². The fraction of sp³-hybridized carbons (Fsp3) is 0.111. The zero-order valence-electron chi connectivity index (χ0n) is 13.8. The molecule has 0 fully saturated rings. The molecule has 1 N–H and O–H groups in total. The number of aromatic nitrogens is 1. The molecule has 25 heavy (non-hydrogen) atoms. The normalized spacial score (nSPS) is 10.3. The predicted molar refractivity (Wildman–Crippen MR) is 98.3 cm³/mol. The third kappa shape index (κ3) is 5.04. The molecule has 0 bridgehead atoms. The van der Waals surface area contributed by atoms with Crippen LogP contribution in [0.25, 0.3) is 11.3 Å². The maximum Gasteiger partial charge on any atom is 0.203 e. The van der Waals surface area contributed by atoms with Crippen molar-refractivity contribution in [3.8, 4) is 22.8 Å². The first-order valence-electron chi connectivity index (χ1n) is 7.31. The van der Waals surface area contributed by atoms with E-state index < -0.39 is 0 Å². The highest BCUT2D eigenvalue weighted by molar-refractivity contribution is 7.14. The molecule has 5 nitrogen and oxygen atoms in total. The molecule has 3 aromatic rings. The number of hydrazone groups is 1. The summed E-state index contributed by atoms with van der Waals surface area (Å²) in [6.07, 6.45) is 1.74. The van der Waals surface area contributed by atoms with Crippen LogP contribution in [0.4, 0.5) is 5.13 Å². The molecular formula is C18H17BrN3O2S-. The summed E-state index contributed by atoms with van der Waals surface area (Å²) in [5.41, 5.74) is 5.89. The van der Waals surface area contributed by atoms with Gasteiger partial charge in [-0.2, -0.15) is 5.10 Å². The molecule has 3 rings (SSSR count). The lowest BCUT2D eigenvalue weighted by molar-refractivity contribution is -0.00000538. The van der Waals surface area contributed by atoms with Crippen LogP contribution in [0.3, 0.4) is 0 Å². The SMILES string of the molecule is COc1ccc(/C=N/Nc2nc(-c3ccc(OC)cc3)cs2)cc1.[Br-]. The van der Waals surface area contributed by atoms with Crippen molar-refractivity contribution < 1.29 is 26.5 Å². The van der Waals surface area contributed by atoms with Gasteiger partial charge >= 0.3 is 0 Å². The van der Waals surface area contributed by atoms with Gasteiger partial charge < -0.3 is 26.5 Å². The van der Waals surface area contributed by atoms with Gasteiger partial charge in [0.05, 0.1) is 26.1 Å². The summed E-state index contributed by atoms with van der Waals surface area (Å²) < 4.78 is 10.3. The first-order chi connectivity index (χ1) is 11.8. The van der Waals surface area contributed by atoms with E-state index in [1.54, 1.807) is 20.4 Å². The van der Waals surface area contributed by atoms with Crippen LogP contribution >= 0.6 is 11.3 Å². The Balaban J connectivity index is 0.00000225. The van der Waals surface area contributed by atoms with E-state index in [1.165, 1.54) is 11.3 Å². The van der Waals surface area contributed by atoms with Crippen LogP contribution in [0.5, 0.6) is 11.5 Å². The minimum absolute atomic E-state index is 0. The Hall–Kier alpha value is -2.38. The fourth-order valence-electron chi connectivity index (χ4n) is 2.07. The van der Waals surface area contributed by atoms with Crippen LogP contribution in [0.1, 0.15) is 5.56 Å². The highest BCUT2D eigenvalue weighted by atomic mass is 79.9. The van der Waals surface area contributed by atoms with Crippen molar-refractivity contribution in [3.63, 3.8) is 0 Å². The summed E-state index contributed by atoms with van der Waals surface area (Å²) in [4.78, 5) is 4.53. The Morgan fingerprint density at radius 2 is 1.56 bits per heavy atom. The molecule has 0 aliphatic rings. The van der Waals surface area contributed by atoms with Gasteiger partial charge in [0.1, 0.15) is 11.5 Å². The van der Waals surface area contributed by atoms with Gasteiger partial charge in [-0.1, -0.05) is 0 Å². The minimum Gasteiger partial charge on any atom is -1.00 e. The van der Waals surface area contributed by atoms with Gasteiger partial charge in [-0.3, -0.25) is 5.43 Å². The average Bonchev–Trinajstić information content (AvgIpc) is 3.11. The number of nitrogens with zero attached hydrogens (tertiary/aromatic N) is 2. The molecule has 0 spiro atoms. The largest absolute Gasteiger partial charge is 1.00 e. The second-order valence-electron chi connectivity index (χ2n) is 4.91. The smallest absolute Gasteiger partial charge is 0.203 e. The van der Waals surface area contributed by atoms with Gasteiger partial charge in [-0.25, -0.2) is 4.98 Å². The number of benzene rings is 2. The molecular weight excluding hydrogens is 402 g/mol. The number of thiazole rings is 1. The Morgan fingerprint density at radius 3 is 2.16 bits per heavy atom. The van der Waals surface area contributed by atoms with Crippen molar-refractivity contribution in [1.29, 1.82) is 0 Å². The monoisotopic (exact) mass is 418 g/mol. The van der Waals surface area contributed by atoms with E-state index in [4.69, 9.17) is 9.47 Å². The van der Waals surface area contributed by atoms with Crippen LogP contribution in [0.2, 0.25) is 0 Å². The fourth-order valence-corrected chi connectivity index (χ4v) is 2.74. The van der Waals surface area contributed by atoms with Crippen molar-refractivity contribution in [2.75, 3.05) is 19.6 Å². The molecule has 0 amide bonds. The molecule has 130 valence electrons. The number of rotatable bonds is 6. The van der Waals surface area contributed by atoms with Crippen LogP contribution < -0.4 is 31.9 Å². The molecule has 1 aromatic heterocycles. The van der Waals surface area contributed by atoms with Crippen molar-refractivity contribution in [3.05, 3.63) is 59.5 Å². The summed E-state index contributed by atoms with van der Waals surface area (Å²) in [7, 11) is 3.30. The second kappa shape index (κ2) is 9.19. The molecule has 0 radical (unpaired) electrons. The Labute approximate surface area is 161 Å². The lowest BCUT2D eigenvalue weighted by Crippen LogP contribution is -3.00. The van der Waals surface area contributed by atoms with Crippen molar-refractivity contribution >= 4 is 22.7 Å². The maximum absolute atomic E-state index is 5.16. The summed E-state index contributed by atoms with van der Waals surface area (Å²) in [6, 6.07) is 15.5.